The highest BCUT2D eigenvalue weighted by atomic mass is 35.5. The van der Waals surface area contributed by atoms with Gasteiger partial charge in [0.05, 0.1) is 23.2 Å². The number of carboxylic acids is 1. The summed E-state index contributed by atoms with van der Waals surface area (Å²) in [5, 5.41) is 16.1. The maximum Gasteiger partial charge on any atom is 0.310 e. The minimum Gasteiger partial charge on any atom is -0.481 e. The van der Waals surface area contributed by atoms with E-state index in [0.29, 0.717) is 0 Å². The smallest absolute Gasteiger partial charge is 0.310 e. The fraction of sp³-hybridized carbons (Fsp3) is 0.500. The number of carboxylic acid groups (broad SMARTS) is 1. The minimum absolute atomic E-state index is 0.0523. The van der Waals surface area contributed by atoms with Crippen molar-refractivity contribution in [3.63, 3.8) is 0 Å². The number of nitrogens with one attached hydrogen (secondary N) is 2. The number of carbonyl (C=O) groups is 3. The molecular weight excluding hydrogens is 575 g/mol. The van der Waals surface area contributed by atoms with E-state index in [-0.39, 0.29) is 33.3 Å². The largest absolute Gasteiger partial charge is 0.481 e. The van der Waals surface area contributed by atoms with Gasteiger partial charge in [-0.25, -0.2) is 8.78 Å². The summed E-state index contributed by atoms with van der Waals surface area (Å²) in [6.07, 6.45) is -0.759. The molecule has 41 heavy (non-hydrogen) atoms. The molecule has 4 unspecified atom stereocenters. The van der Waals surface area contributed by atoms with E-state index >= 15 is 0 Å². The molecule has 0 radical (unpaired) electrons. The third-order valence-corrected chi connectivity index (χ3v) is 9.34. The van der Waals surface area contributed by atoms with Crippen LogP contribution in [0.5, 0.6) is 0 Å². The van der Waals surface area contributed by atoms with Gasteiger partial charge < -0.3 is 15.7 Å². The second-order valence-corrected chi connectivity index (χ2v) is 13.9. The molecule has 3 aliphatic rings. The number of nitrogens with zero attached hydrogens (tertiary/aromatic N) is 1. The minimum atomic E-state index is -3.24. The van der Waals surface area contributed by atoms with E-state index < -0.39 is 65.5 Å². The van der Waals surface area contributed by atoms with Crippen LogP contribution in [-0.2, 0) is 30.8 Å². The highest BCUT2D eigenvalue weighted by molar-refractivity contribution is 6.38. The number of benzene rings is 2. The SMILES string of the molecule is CC(C)(C)c1cccc(C(C)(C)CNC(=O)C2C3CC(F)(F)CN3C3(C(=O)Nc4c(Cl)cc(Cl)cc43)C2C(=O)O)c1. The van der Waals surface area contributed by atoms with Crippen molar-refractivity contribution in [1.29, 1.82) is 0 Å². The zero-order valence-electron chi connectivity index (χ0n) is 23.4. The molecule has 0 aliphatic carbocycles. The van der Waals surface area contributed by atoms with Crippen molar-refractivity contribution >= 4 is 46.7 Å². The highest BCUT2D eigenvalue weighted by Gasteiger charge is 2.74. The number of rotatable bonds is 5. The zero-order chi connectivity index (χ0) is 30.3. The number of aliphatic carboxylic acids is 1. The van der Waals surface area contributed by atoms with Crippen LogP contribution in [0.1, 0.15) is 57.7 Å². The first-order valence-electron chi connectivity index (χ1n) is 13.5. The van der Waals surface area contributed by atoms with Crippen molar-refractivity contribution in [1.82, 2.24) is 10.2 Å². The van der Waals surface area contributed by atoms with Crippen LogP contribution in [0.3, 0.4) is 0 Å². The number of carbonyl (C=O) groups excluding carboxylic acids is 2. The summed E-state index contributed by atoms with van der Waals surface area (Å²) >= 11 is 12.6. The molecule has 2 aromatic carbocycles. The van der Waals surface area contributed by atoms with Gasteiger partial charge in [-0.15, -0.1) is 0 Å². The summed E-state index contributed by atoms with van der Waals surface area (Å²) in [5.41, 5.74) is -0.464. The fourth-order valence-electron chi connectivity index (χ4n) is 6.73. The van der Waals surface area contributed by atoms with Crippen LogP contribution in [0.25, 0.3) is 0 Å². The lowest BCUT2D eigenvalue weighted by Crippen LogP contribution is -2.54. The van der Waals surface area contributed by atoms with Gasteiger partial charge in [-0.2, -0.15) is 0 Å². The van der Waals surface area contributed by atoms with E-state index in [1.165, 1.54) is 17.0 Å². The van der Waals surface area contributed by atoms with Gasteiger partial charge in [0.1, 0.15) is 11.5 Å². The van der Waals surface area contributed by atoms with Gasteiger partial charge in [0.2, 0.25) is 5.91 Å². The van der Waals surface area contributed by atoms with E-state index in [2.05, 4.69) is 37.5 Å². The maximum atomic E-state index is 15.0. The quantitative estimate of drug-likeness (QED) is 0.412. The van der Waals surface area contributed by atoms with Crippen LogP contribution < -0.4 is 10.6 Å². The van der Waals surface area contributed by atoms with Gasteiger partial charge in [0.25, 0.3) is 11.8 Å². The lowest BCUT2D eigenvalue weighted by Gasteiger charge is -2.35. The third kappa shape index (κ3) is 4.70. The lowest BCUT2D eigenvalue weighted by molar-refractivity contribution is -0.154. The number of halogens is 4. The molecule has 7 nitrogen and oxygen atoms in total. The van der Waals surface area contributed by atoms with Gasteiger partial charge in [-0.3, -0.25) is 19.3 Å². The monoisotopic (exact) mass is 607 g/mol. The van der Waals surface area contributed by atoms with Crippen LogP contribution in [0.2, 0.25) is 10.0 Å². The Labute approximate surface area is 247 Å². The number of amides is 2. The van der Waals surface area contributed by atoms with Crippen LogP contribution >= 0.6 is 23.2 Å². The van der Waals surface area contributed by atoms with Gasteiger partial charge in [0.15, 0.2) is 0 Å². The Morgan fingerprint density at radius 1 is 1.12 bits per heavy atom. The molecule has 3 N–H and O–H groups in total. The first-order chi connectivity index (χ1) is 18.9. The van der Waals surface area contributed by atoms with Crippen molar-refractivity contribution in [2.45, 2.75) is 69.4 Å². The Bertz CT molecular complexity index is 1460. The number of hydrogen-bond donors (Lipinski definition) is 3. The average Bonchev–Trinajstić information content (AvgIpc) is 3.43. The Morgan fingerprint density at radius 2 is 1.78 bits per heavy atom. The second kappa shape index (κ2) is 9.64. The second-order valence-electron chi connectivity index (χ2n) is 13.1. The third-order valence-electron chi connectivity index (χ3n) is 8.82. The lowest BCUT2D eigenvalue weighted by atomic mass is 9.73. The molecule has 2 aromatic rings. The molecule has 0 bridgehead atoms. The van der Waals surface area contributed by atoms with E-state index in [1.54, 1.807) is 0 Å². The summed E-state index contributed by atoms with van der Waals surface area (Å²) in [5.74, 6) is -9.30. The summed E-state index contributed by atoms with van der Waals surface area (Å²) in [6.45, 7) is 9.43. The van der Waals surface area contributed by atoms with E-state index in [9.17, 15) is 28.3 Å². The normalized spacial score (nSPS) is 27.0. The van der Waals surface area contributed by atoms with E-state index in [4.69, 9.17) is 23.2 Å². The molecule has 3 aliphatic heterocycles. The van der Waals surface area contributed by atoms with E-state index in [1.807, 2.05) is 32.0 Å². The van der Waals surface area contributed by atoms with Crippen molar-refractivity contribution in [3.8, 4) is 0 Å². The number of alkyl halides is 2. The molecule has 220 valence electrons. The highest BCUT2D eigenvalue weighted by Crippen LogP contribution is 2.60. The number of anilines is 1. The topological polar surface area (TPSA) is 98.7 Å². The molecule has 0 saturated carbocycles. The summed E-state index contributed by atoms with van der Waals surface area (Å²) in [7, 11) is 0. The first kappa shape index (κ1) is 29.7. The van der Waals surface area contributed by atoms with Crippen LogP contribution in [-0.4, -0.2) is 52.8 Å². The Morgan fingerprint density at radius 3 is 2.41 bits per heavy atom. The molecule has 2 saturated heterocycles. The average molecular weight is 609 g/mol. The maximum absolute atomic E-state index is 15.0. The van der Waals surface area contributed by atoms with Crippen molar-refractivity contribution in [2.75, 3.05) is 18.4 Å². The van der Waals surface area contributed by atoms with Crippen molar-refractivity contribution < 1.29 is 28.3 Å². The summed E-state index contributed by atoms with van der Waals surface area (Å²) in [6, 6.07) is 9.56. The first-order valence-corrected chi connectivity index (χ1v) is 14.2. The van der Waals surface area contributed by atoms with Gasteiger partial charge in [0, 0.05) is 35.0 Å². The number of fused-ring (bicyclic) bond motifs is 4. The molecule has 3 heterocycles. The zero-order valence-corrected chi connectivity index (χ0v) is 25.0. The van der Waals surface area contributed by atoms with Crippen LogP contribution in [0, 0.1) is 11.8 Å². The molecule has 0 aromatic heterocycles. The van der Waals surface area contributed by atoms with Crippen LogP contribution in [0.15, 0.2) is 36.4 Å². The summed E-state index contributed by atoms with van der Waals surface area (Å²) < 4.78 is 29.9. The van der Waals surface area contributed by atoms with Crippen molar-refractivity contribution in [3.05, 3.63) is 63.1 Å². The molecule has 2 amide bonds. The Balaban J connectivity index is 1.53. The Hall–Kier alpha value is -2.75. The number of hydrogen-bond acceptors (Lipinski definition) is 4. The molecular formula is C30H33Cl2F2N3O4. The molecule has 4 atom stereocenters. The standard InChI is InChI=1S/C30H33Cl2F2N3O4/c1-27(2,3)15-7-6-8-16(9-15)28(4,5)13-35-24(38)21-20-12-29(33,34)14-37(20)30(22(21)25(39)40)18-10-17(31)11-19(32)23(18)36-26(30)41/h6-11,20-22H,12-14H2,1-5H3,(H,35,38)(H,36,41)(H,39,40). The van der Waals surface area contributed by atoms with Crippen LogP contribution in [0.4, 0.5) is 14.5 Å². The van der Waals surface area contributed by atoms with Gasteiger partial charge in [-0.1, -0.05) is 82.1 Å². The Kier molecular flexibility index (Phi) is 6.99. The predicted octanol–water partition coefficient (Wildman–Crippen LogP) is 5.57. The fourth-order valence-corrected chi connectivity index (χ4v) is 7.27. The van der Waals surface area contributed by atoms with Gasteiger partial charge >= 0.3 is 5.97 Å². The predicted molar refractivity (Wildman–Crippen MR) is 153 cm³/mol. The van der Waals surface area contributed by atoms with E-state index in [0.717, 1.165) is 11.1 Å². The molecule has 11 heteroatoms. The molecule has 2 fully saturated rings. The molecule has 1 spiro atoms. The van der Waals surface area contributed by atoms with Crippen molar-refractivity contribution in [2.24, 2.45) is 11.8 Å². The summed E-state index contributed by atoms with van der Waals surface area (Å²) in [4.78, 5) is 41.6. The van der Waals surface area contributed by atoms with Gasteiger partial charge in [-0.05, 0) is 28.7 Å². The molecule has 5 rings (SSSR count).